The lowest BCUT2D eigenvalue weighted by molar-refractivity contribution is -0.118. The summed E-state index contributed by atoms with van der Waals surface area (Å²) < 4.78 is 5.04. The van der Waals surface area contributed by atoms with Crippen molar-refractivity contribution in [1.82, 2.24) is 4.90 Å². The maximum atomic E-state index is 11.8. The van der Waals surface area contributed by atoms with Crippen molar-refractivity contribution in [2.75, 3.05) is 33.9 Å². The van der Waals surface area contributed by atoms with Crippen LogP contribution in [0.3, 0.4) is 0 Å². The number of benzene rings is 1. The molecule has 0 aliphatic heterocycles. The molecule has 0 radical (unpaired) electrons. The standard InChI is InChI=1S/C15H22ClNO2.C2H6/c1-12(18)15(8-9-17(2)10-11-19-3)13-4-6-14(16)7-5-13;1-2/h4-7,15H,8-11H2,1-3H3;1-2H3/t15-;/m0./s1. The van der Waals surface area contributed by atoms with Gasteiger partial charge < -0.3 is 9.64 Å². The second kappa shape index (κ2) is 11.7. The zero-order valence-electron chi connectivity index (χ0n) is 13.9. The van der Waals surface area contributed by atoms with Crippen LogP contribution in [0.15, 0.2) is 24.3 Å². The molecule has 0 bridgehead atoms. The van der Waals surface area contributed by atoms with E-state index in [0.29, 0.717) is 11.6 Å². The maximum Gasteiger partial charge on any atom is 0.137 e. The van der Waals surface area contributed by atoms with Crippen LogP contribution in [0, 0.1) is 0 Å². The number of carbonyl (C=O) groups excluding carboxylic acids is 1. The smallest absolute Gasteiger partial charge is 0.137 e. The van der Waals surface area contributed by atoms with Gasteiger partial charge in [0.15, 0.2) is 0 Å². The van der Waals surface area contributed by atoms with Crippen LogP contribution < -0.4 is 0 Å². The first-order valence-corrected chi connectivity index (χ1v) is 7.85. The molecule has 0 saturated carbocycles. The molecule has 4 heteroatoms. The summed E-state index contributed by atoms with van der Waals surface area (Å²) in [4.78, 5) is 14.0. The lowest BCUT2D eigenvalue weighted by Crippen LogP contribution is -2.26. The molecule has 21 heavy (non-hydrogen) atoms. The molecule has 120 valence electrons. The van der Waals surface area contributed by atoms with Gasteiger partial charge in [-0.05, 0) is 44.6 Å². The Morgan fingerprint density at radius 3 is 2.29 bits per heavy atom. The van der Waals surface area contributed by atoms with Gasteiger partial charge in [-0.2, -0.15) is 0 Å². The number of rotatable bonds is 8. The summed E-state index contributed by atoms with van der Waals surface area (Å²) in [5, 5.41) is 0.697. The Kier molecular flexibility index (Phi) is 11.2. The van der Waals surface area contributed by atoms with Crippen molar-refractivity contribution < 1.29 is 9.53 Å². The molecule has 0 aromatic heterocycles. The van der Waals surface area contributed by atoms with Crippen LogP contribution >= 0.6 is 11.6 Å². The van der Waals surface area contributed by atoms with Gasteiger partial charge in [0.2, 0.25) is 0 Å². The van der Waals surface area contributed by atoms with Gasteiger partial charge in [-0.3, -0.25) is 4.79 Å². The van der Waals surface area contributed by atoms with Crippen LogP contribution in [0.2, 0.25) is 5.02 Å². The Hall–Kier alpha value is -0.900. The molecule has 1 atom stereocenters. The van der Waals surface area contributed by atoms with E-state index >= 15 is 0 Å². The quantitative estimate of drug-likeness (QED) is 0.726. The van der Waals surface area contributed by atoms with E-state index in [1.54, 1.807) is 14.0 Å². The van der Waals surface area contributed by atoms with Crippen LogP contribution in [0.4, 0.5) is 0 Å². The highest BCUT2D eigenvalue weighted by molar-refractivity contribution is 6.30. The third-order valence-corrected chi connectivity index (χ3v) is 3.49. The number of ketones is 1. The maximum absolute atomic E-state index is 11.8. The van der Waals surface area contributed by atoms with Gasteiger partial charge in [-0.15, -0.1) is 0 Å². The second-order valence-electron chi connectivity index (χ2n) is 4.80. The zero-order chi connectivity index (χ0) is 16.3. The number of carbonyl (C=O) groups is 1. The van der Waals surface area contributed by atoms with E-state index in [4.69, 9.17) is 16.3 Å². The summed E-state index contributed by atoms with van der Waals surface area (Å²) in [7, 11) is 3.73. The highest BCUT2D eigenvalue weighted by Gasteiger charge is 2.17. The number of Topliss-reactive ketones (excluding diaryl/α,β-unsaturated/α-hetero) is 1. The van der Waals surface area contributed by atoms with Gasteiger partial charge in [0, 0.05) is 24.6 Å². The summed E-state index contributed by atoms with van der Waals surface area (Å²) in [6.45, 7) is 8.11. The number of hydrogen-bond donors (Lipinski definition) is 0. The van der Waals surface area contributed by atoms with Crippen molar-refractivity contribution >= 4 is 17.4 Å². The Balaban J connectivity index is 0.00000191. The molecule has 0 spiro atoms. The minimum Gasteiger partial charge on any atom is -0.383 e. The lowest BCUT2D eigenvalue weighted by Gasteiger charge is -2.20. The first-order chi connectivity index (χ1) is 10.0. The Morgan fingerprint density at radius 2 is 1.81 bits per heavy atom. The minimum atomic E-state index is -0.0535. The fraction of sp³-hybridized carbons (Fsp3) is 0.588. The predicted molar refractivity (Wildman–Crippen MR) is 90.2 cm³/mol. The van der Waals surface area contributed by atoms with E-state index in [2.05, 4.69) is 4.90 Å². The van der Waals surface area contributed by atoms with Crippen LogP contribution in [0.5, 0.6) is 0 Å². The van der Waals surface area contributed by atoms with Crippen molar-refractivity contribution in [1.29, 1.82) is 0 Å². The number of methoxy groups -OCH3 is 1. The van der Waals surface area contributed by atoms with E-state index < -0.39 is 0 Å². The minimum absolute atomic E-state index is 0.0535. The van der Waals surface area contributed by atoms with Gasteiger partial charge in [-0.25, -0.2) is 0 Å². The fourth-order valence-electron chi connectivity index (χ4n) is 2.01. The summed E-state index contributed by atoms with van der Waals surface area (Å²) >= 11 is 5.87. The van der Waals surface area contributed by atoms with Crippen molar-refractivity contribution in [3.05, 3.63) is 34.9 Å². The average molecular weight is 314 g/mol. The SMILES string of the molecule is CC.COCCN(C)CC[C@@H](C(C)=O)c1ccc(Cl)cc1. The highest BCUT2D eigenvalue weighted by Crippen LogP contribution is 2.22. The Bertz CT molecular complexity index is 392. The fourth-order valence-corrected chi connectivity index (χ4v) is 2.13. The Labute approximate surface area is 134 Å². The molecule has 0 N–H and O–H groups in total. The summed E-state index contributed by atoms with van der Waals surface area (Å²) in [6, 6.07) is 7.54. The van der Waals surface area contributed by atoms with Gasteiger partial charge in [0.25, 0.3) is 0 Å². The molecule has 0 unspecified atom stereocenters. The van der Waals surface area contributed by atoms with E-state index in [0.717, 1.165) is 25.1 Å². The van der Waals surface area contributed by atoms with Gasteiger partial charge in [-0.1, -0.05) is 37.6 Å². The van der Waals surface area contributed by atoms with E-state index in [1.807, 2.05) is 45.2 Å². The molecule has 0 fully saturated rings. The van der Waals surface area contributed by atoms with Gasteiger partial charge >= 0.3 is 0 Å². The molecule has 0 amide bonds. The van der Waals surface area contributed by atoms with Gasteiger partial charge in [0.05, 0.1) is 6.61 Å². The van der Waals surface area contributed by atoms with E-state index in [-0.39, 0.29) is 11.7 Å². The first kappa shape index (κ1) is 20.1. The van der Waals surface area contributed by atoms with Gasteiger partial charge in [0.1, 0.15) is 5.78 Å². The summed E-state index contributed by atoms with van der Waals surface area (Å²) in [5.41, 5.74) is 1.04. The van der Waals surface area contributed by atoms with Crippen molar-refractivity contribution in [2.24, 2.45) is 0 Å². The molecule has 1 rings (SSSR count). The zero-order valence-corrected chi connectivity index (χ0v) is 14.6. The number of hydrogen-bond acceptors (Lipinski definition) is 3. The van der Waals surface area contributed by atoms with E-state index in [1.165, 1.54) is 0 Å². The normalized spacial score (nSPS) is 11.8. The van der Waals surface area contributed by atoms with Crippen LogP contribution in [-0.4, -0.2) is 44.5 Å². The van der Waals surface area contributed by atoms with Crippen LogP contribution in [0.25, 0.3) is 0 Å². The molecule has 1 aromatic rings. The number of ether oxygens (including phenoxy) is 1. The number of halogens is 1. The number of likely N-dealkylation sites (N-methyl/N-ethyl adjacent to an activating group) is 1. The van der Waals surface area contributed by atoms with Crippen molar-refractivity contribution in [3.8, 4) is 0 Å². The molecule has 1 aromatic carbocycles. The number of nitrogens with zero attached hydrogens (tertiary/aromatic N) is 1. The van der Waals surface area contributed by atoms with Crippen LogP contribution in [-0.2, 0) is 9.53 Å². The molecular weight excluding hydrogens is 286 g/mol. The third kappa shape index (κ3) is 8.20. The van der Waals surface area contributed by atoms with E-state index in [9.17, 15) is 4.79 Å². The highest BCUT2D eigenvalue weighted by atomic mass is 35.5. The molecule has 0 aliphatic rings. The molecule has 3 nitrogen and oxygen atoms in total. The topological polar surface area (TPSA) is 29.5 Å². The Morgan fingerprint density at radius 1 is 1.24 bits per heavy atom. The molecule has 0 aliphatic carbocycles. The molecular formula is C17H28ClNO2. The summed E-state index contributed by atoms with van der Waals surface area (Å²) in [6.07, 6.45) is 0.817. The lowest BCUT2D eigenvalue weighted by atomic mass is 9.92. The average Bonchev–Trinajstić information content (AvgIpc) is 2.49. The van der Waals surface area contributed by atoms with Crippen molar-refractivity contribution in [2.45, 2.75) is 33.1 Å². The second-order valence-corrected chi connectivity index (χ2v) is 5.24. The summed E-state index contributed by atoms with van der Waals surface area (Å²) in [5.74, 6) is 0.143. The van der Waals surface area contributed by atoms with Crippen LogP contribution in [0.1, 0.15) is 38.7 Å². The first-order valence-electron chi connectivity index (χ1n) is 7.48. The predicted octanol–water partition coefficient (Wildman–Crippen LogP) is 4.01. The molecule has 0 saturated heterocycles. The monoisotopic (exact) mass is 313 g/mol. The molecule has 0 heterocycles. The largest absolute Gasteiger partial charge is 0.383 e. The van der Waals surface area contributed by atoms with Crippen molar-refractivity contribution in [3.63, 3.8) is 0 Å². The third-order valence-electron chi connectivity index (χ3n) is 3.24.